The molecule has 0 aliphatic heterocycles. The summed E-state index contributed by atoms with van der Waals surface area (Å²) in [5.74, 6) is -3.57. The molecule has 1 atom stereocenters. The number of ether oxygens (including phenoxy) is 3. The van der Waals surface area contributed by atoms with Crippen LogP contribution < -0.4 is 14.8 Å². The number of carbonyl (C=O) groups is 1. The minimum Gasteiger partial charge on any atom is -0.481 e. The fourth-order valence-corrected chi connectivity index (χ4v) is 4.02. The van der Waals surface area contributed by atoms with Gasteiger partial charge >= 0.3 is 0 Å². The van der Waals surface area contributed by atoms with Gasteiger partial charge in [-0.2, -0.15) is 4.98 Å². The van der Waals surface area contributed by atoms with Crippen LogP contribution in [-0.4, -0.2) is 53.3 Å². The Kier molecular flexibility index (Phi) is 8.28. The number of carbonyl (C=O) groups excluding carboxylic acids is 1. The molecule has 3 rings (SSSR count). The molecule has 1 N–H and O–H groups in total. The number of amides is 1. The van der Waals surface area contributed by atoms with E-state index >= 15 is 0 Å². The summed E-state index contributed by atoms with van der Waals surface area (Å²) < 4.78 is 71.8. The fourth-order valence-electron chi connectivity index (χ4n) is 3.80. The van der Waals surface area contributed by atoms with Gasteiger partial charge in [0, 0.05) is 20.0 Å². The van der Waals surface area contributed by atoms with Crippen molar-refractivity contribution in [2.75, 3.05) is 13.2 Å². The summed E-state index contributed by atoms with van der Waals surface area (Å²) in [6, 6.07) is -0.0639. The number of rotatable bonds is 9. The average Bonchev–Trinajstić information content (AvgIpc) is 3.07. The number of imidazole rings is 1. The van der Waals surface area contributed by atoms with Crippen molar-refractivity contribution in [3.05, 3.63) is 16.7 Å². The fraction of sp³-hybridized carbons (Fsp3) is 0.619. The number of hydrogen-bond acceptors (Lipinski definition) is 5. The molecule has 1 fully saturated rings. The van der Waals surface area contributed by atoms with Crippen LogP contribution in [0.5, 0.6) is 11.8 Å². The molecule has 1 aromatic heterocycles. The van der Waals surface area contributed by atoms with Crippen molar-refractivity contribution in [3.63, 3.8) is 0 Å². The highest BCUT2D eigenvalue weighted by atomic mass is 35.5. The van der Waals surface area contributed by atoms with Gasteiger partial charge in [-0.25, -0.2) is 17.6 Å². The Hall–Kier alpha value is -2.27. The normalized spacial score (nSPS) is 19.7. The number of fused-ring (bicyclic) bond motifs is 1. The van der Waals surface area contributed by atoms with Gasteiger partial charge in [-0.15, -0.1) is 0 Å². The van der Waals surface area contributed by atoms with Gasteiger partial charge in [0.05, 0.1) is 12.7 Å². The maximum Gasteiger partial charge on any atom is 0.297 e. The largest absolute Gasteiger partial charge is 0.481 e. The zero-order chi connectivity index (χ0) is 24.3. The van der Waals surface area contributed by atoms with Gasteiger partial charge in [-0.3, -0.25) is 9.36 Å². The van der Waals surface area contributed by atoms with Crippen molar-refractivity contribution < 1.29 is 36.6 Å². The van der Waals surface area contributed by atoms with E-state index in [9.17, 15) is 22.4 Å². The van der Waals surface area contributed by atoms with Crippen molar-refractivity contribution in [1.82, 2.24) is 14.9 Å². The molecule has 2 aromatic rings. The molecular formula is C21H26ClF4N3O4. The number of alkyl halides is 2. The lowest BCUT2D eigenvalue weighted by atomic mass is 9.95. The number of benzene rings is 1. The average molecular weight is 496 g/mol. The van der Waals surface area contributed by atoms with Gasteiger partial charge in [0.1, 0.15) is 28.8 Å². The third kappa shape index (κ3) is 6.00. The molecule has 1 aromatic carbocycles. The molecule has 0 radical (unpaired) electrons. The molecule has 184 valence electrons. The van der Waals surface area contributed by atoms with Crippen LogP contribution in [0.4, 0.5) is 17.6 Å². The van der Waals surface area contributed by atoms with Crippen LogP contribution >= 0.6 is 11.6 Å². The van der Waals surface area contributed by atoms with Crippen LogP contribution in [-0.2, 0) is 16.6 Å². The molecule has 1 amide bonds. The summed E-state index contributed by atoms with van der Waals surface area (Å²) in [6.45, 7) is 2.54. The van der Waals surface area contributed by atoms with Crippen LogP contribution in [0, 0.1) is 11.6 Å². The molecule has 1 aliphatic carbocycles. The molecule has 0 spiro atoms. The Labute approximate surface area is 193 Å². The summed E-state index contributed by atoms with van der Waals surface area (Å²) in [6.07, 6.45) is -0.373. The van der Waals surface area contributed by atoms with Crippen LogP contribution in [0.2, 0.25) is 5.02 Å². The van der Waals surface area contributed by atoms with Crippen molar-refractivity contribution in [2.24, 2.45) is 7.05 Å². The van der Waals surface area contributed by atoms with Gasteiger partial charge in [-0.1, -0.05) is 11.6 Å². The van der Waals surface area contributed by atoms with E-state index in [-0.39, 0.29) is 41.2 Å². The minimum atomic E-state index is -2.91. The molecule has 7 nitrogen and oxygen atoms in total. The Morgan fingerprint density at radius 1 is 1.18 bits per heavy atom. The number of aromatic nitrogens is 2. The lowest BCUT2D eigenvalue weighted by Crippen LogP contribution is -2.37. The molecule has 1 heterocycles. The van der Waals surface area contributed by atoms with Crippen molar-refractivity contribution in [3.8, 4) is 11.8 Å². The SMILES string of the molecule is CC(=O)N[C@@H](C)COC1CCC(Oc2nc3c(Cl)c(F)c(OCC(F)F)c(F)c3n2C)CC1. The zero-order valence-electron chi connectivity index (χ0n) is 18.5. The van der Waals surface area contributed by atoms with E-state index in [2.05, 4.69) is 15.0 Å². The second-order valence-corrected chi connectivity index (χ2v) is 8.45. The third-order valence-corrected chi connectivity index (χ3v) is 5.68. The molecule has 1 saturated carbocycles. The molecule has 1 aliphatic rings. The first-order chi connectivity index (χ1) is 15.6. The number of aryl methyl sites for hydroxylation is 1. The first kappa shape index (κ1) is 25.4. The number of halogens is 5. The predicted octanol–water partition coefficient (Wildman–Crippen LogP) is 4.38. The molecule has 0 bridgehead atoms. The van der Waals surface area contributed by atoms with E-state index < -0.39 is 35.4 Å². The van der Waals surface area contributed by atoms with Crippen molar-refractivity contribution in [2.45, 2.75) is 64.2 Å². The molecular weight excluding hydrogens is 470 g/mol. The van der Waals surface area contributed by atoms with Crippen LogP contribution in [0.1, 0.15) is 39.5 Å². The quantitative estimate of drug-likeness (QED) is 0.413. The van der Waals surface area contributed by atoms with E-state index in [1.54, 1.807) is 0 Å². The predicted molar refractivity (Wildman–Crippen MR) is 113 cm³/mol. The third-order valence-electron chi connectivity index (χ3n) is 5.34. The van der Waals surface area contributed by atoms with Gasteiger partial charge in [0.25, 0.3) is 12.4 Å². The first-order valence-electron chi connectivity index (χ1n) is 10.6. The topological polar surface area (TPSA) is 74.6 Å². The highest BCUT2D eigenvalue weighted by Crippen LogP contribution is 2.38. The van der Waals surface area contributed by atoms with Crippen molar-refractivity contribution in [1.29, 1.82) is 0 Å². The van der Waals surface area contributed by atoms with Crippen LogP contribution in [0.3, 0.4) is 0 Å². The first-order valence-corrected chi connectivity index (χ1v) is 10.9. The summed E-state index contributed by atoms with van der Waals surface area (Å²) in [4.78, 5) is 15.2. The Morgan fingerprint density at radius 3 is 2.42 bits per heavy atom. The van der Waals surface area contributed by atoms with E-state index in [4.69, 9.17) is 21.1 Å². The maximum atomic E-state index is 14.9. The van der Waals surface area contributed by atoms with Gasteiger partial charge in [-0.05, 0) is 32.6 Å². The van der Waals surface area contributed by atoms with Crippen molar-refractivity contribution >= 4 is 28.5 Å². The second-order valence-electron chi connectivity index (χ2n) is 8.08. The lowest BCUT2D eigenvalue weighted by molar-refractivity contribution is -0.120. The molecule has 0 unspecified atom stereocenters. The zero-order valence-corrected chi connectivity index (χ0v) is 19.2. The van der Waals surface area contributed by atoms with E-state index in [0.29, 0.717) is 19.4 Å². The van der Waals surface area contributed by atoms with Crippen LogP contribution in [0.15, 0.2) is 0 Å². The molecule has 33 heavy (non-hydrogen) atoms. The highest BCUT2D eigenvalue weighted by molar-refractivity contribution is 6.35. The molecule has 12 heteroatoms. The standard InChI is InChI=1S/C21H26ClF4N3O4/c1-10(27-11(2)30)8-31-12-4-6-13(7-5-12)33-21-28-18-15(22)16(25)20(32-9-14(23)24)17(26)19(18)29(21)3/h10,12-14H,4-9H2,1-3H3,(H,27,30)/t10-,12?,13?/m0/s1. The molecule has 0 saturated heterocycles. The van der Waals surface area contributed by atoms with Gasteiger partial charge in [0.15, 0.2) is 17.4 Å². The maximum absolute atomic E-state index is 14.9. The summed E-state index contributed by atoms with van der Waals surface area (Å²) >= 11 is 5.97. The van der Waals surface area contributed by atoms with E-state index in [1.807, 2.05) is 6.92 Å². The second kappa shape index (κ2) is 10.8. The number of nitrogens with one attached hydrogen (secondary N) is 1. The minimum absolute atomic E-state index is 0.0250. The Morgan fingerprint density at radius 2 is 1.82 bits per heavy atom. The van der Waals surface area contributed by atoms with Gasteiger partial charge < -0.3 is 19.5 Å². The summed E-state index contributed by atoms with van der Waals surface area (Å²) in [5.41, 5.74) is -0.387. The monoisotopic (exact) mass is 495 g/mol. The van der Waals surface area contributed by atoms with Gasteiger partial charge in [0.2, 0.25) is 5.91 Å². The lowest BCUT2D eigenvalue weighted by Gasteiger charge is -2.29. The Balaban J connectivity index is 1.67. The Bertz CT molecular complexity index is 996. The highest BCUT2D eigenvalue weighted by Gasteiger charge is 2.29. The van der Waals surface area contributed by atoms with Crippen LogP contribution in [0.25, 0.3) is 11.0 Å². The number of hydrogen-bond donors (Lipinski definition) is 1. The van der Waals surface area contributed by atoms with E-state index in [1.165, 1.54) is 18.5 Å². The summed E-state index contributed by atoms with van der Waals surface area (Å²) in [5, 5.41) is 2.22. The smallest absolute Gasteiger partial charge is 0.297 e. The van der Waals surface area contributed by atoms with E-state index in [0.717, 1.165) is 12.8 Å². The summed E-state index contributed by atoms with van der Waals surface area (Å²) in [7, 11) is 1.46. The number of nitrogens with zero attached hydrogens (tertiary/aromatic N) is 2.